The molecular formula is C20H23Cl2N3O2S. The number of para-hydroxylation sites is 1. The second kappa shape index (κ2) is 10.1. The van der Waals surface area contributed by atoms with Gasteiger partial charge in [-0.3, -0.25) is 9.69 Å². The van der Waals surface area contributed by atoms with Gasteiger partial charge in [-0.25, -0.2) is 4.98 Å². The highest BCUT2D eigenvalue weighted by Crippen LogP contribution is 2.32. The number of fused-ring (bicyclic) bond motifs is 1. The lowest BCUT2D eigenvalue weighted by atomic mass is 10.1. The average molecular weight is 440 g/mol. The fraction of sp³-hybridized carbons (Fsp3) is 0.300. The van der Waals surface area contributed by atoms with Gasteiger partial charge in [0.2, 0.25) is 0 Å². The molecule has 0 aliphatic rings. The summed E-state index contributed by atoms with van der Waals surface area (Å²) in [6, 6.07) is 12.8. The van der Waals surface area contributed by atoms with Crippen LogP contribution in [0.2, 0.25) is 5.02 Å². The van der Waals surface area contributed by atoms with Crippen LogP contribution >= 0.6 is 35.3 Å². The van der Waals surface area contributed by atoms with E-state index in [1.165, 1.54) is 11.3 Å². The van der Waals surface area contributed by atoms with Gasteiger partial charge in [0.1, 0.15) is 5.75 Å². The maximum absolute atomic E-state index is 13.3. The first-order valence-electron chi connectivity index (χ1n) is 8.65. The number of hydrogen-bond acceptors (Lipinski definition) is 5. The molecule has 0 atom stereocenters. The number of ether oxygens (including phenoxy) is 1. The van der Waals surface area contributed by atoms with Gasteiger partial charge < -0.3 is 9.64 Å². The molecule has 0 radical (unpaired) electrons. The Balaban J connectivity index is 0.00000280. The van der Waals surface area contributed by atoms with Gasteiger partial charge in [0, 0.05) is 11.6 Å². The van der Waals surface area contributed by atoms with E-state index in [2.05, 4.69) is 9.88 Å². The quantitative estimate of drug-likeness (QED) is 0.520. The maximum Gasteiger partial charge on any atom is 0.263 e. The van der Waals surface area contributed by atoms with Crippen molar-refractivity contribution in [3.05, 3.63) is 53.1 Å². The molecule has 0 saturated carbocycles. The van der Waals surface area contributed by atoms with Gasteiger partial charge in [0.05, 0.1) is 22.9 Å². The number of methoxy groups -OCH3 is 1. The van der Waals surface area contributed by atoms with Crippen LogP contribution in [0.4, 0.5) is 5.13 Å². The number of benzene rings is 2. The van der Waals surface area contributed by atoms with Crippen molar-refractivity contribution < 1.29 is 9.53 Å². The Kier molecular flexibility index (Phi) is 8.07. The molecule has 5 nitrogen and oxygen atoms in total. The third-order valence-corrected chi connectivity index (χ3v) is 5.42. The molecule has 1 aromatic heterocycles. The first kappa shape index (κ1) is 22.4. The van der Waals surface area contributed by atoms with Crippen LogP contribution in [0.25, 0.3) is 10.2 Å². The highest BCUT2D eigenvalue weighted by Gasteiger charge is 2.23. The predicted octanol–water partition coefficient (Wildman–Crippen LogP) is 4.98. The average Bonchev–Trinajstić information content (AvgIpc) is 3.07. The second-order valence-corrected chi connectivity index (χ2v) is 7.87. The summed E-state index contributed by atoms with van der Waals surface area (Å²) in [6.07, 6.45) is 0.838. The number of carbonyl (C=O) groups excluding carboxylic acids is 1. The van der Waals surface area contributed by atoms with Crippen molar-refractivity contribution in [1.82, 2.24) is 9.88 Å². The summed E-state index contributed by atoms with van der Waals surface area (Å²) in [5, 5.41) is 1.33. The van der Waals surface area contributed by atoms with E-state index in [0.717, 1.165) is 23.2 Å². The molecule has 0 unspecified atom stereocenters. The van der Waals surface area contributed by atoms with Crippen LogP contribution in [0.1, 0.15) is 16.8 Å². The zero-order chi connectivity index (χ0) is 19.4. The summed E-state index contributed by atoms with van der Waals surface area (Å²) in [7, 11) is 5.61. The van der Waals surface area contributed by atoms with Gasteiger partial charge in [0.15, 0.2) is 5.13 Å². The number of hydrogen-bond donors (Lipinski definition) is 0. The summed E-state index contributed by atoms with van der Waals surface area (Å²) >= 11 is 7.57. The van der Waals surface area contributed by atoms with Gasteiger partial charge in [-0.05, 0) is 57.4 Å². The lowest BCUT2D eigenvalue weighted by Gasteiger charge is -2.22. The molecule has 150 valence electrons. The molecule has 0 fully saturated rings. The predicted molar refractivity (Wildman–Crippen MR) is 120 cm³/mol. The number of anilines is 1. The molecule has 8 heteroatoms. The Morgan fingerprint density at radius 2 is 1.93 bits per heavy atom. The molecule has 0 N–H and O–H groups in total. The maximum atomic E-state index is 13.3. The van der Waals surface area contributed by atoms with E-state index in [9.17, 15) is 4.79 Å². The molecule has 0 aliphatic carbocycles. The summed E-state index contributed by atoms with van der Waals surface area (Å²) in [5.41, 5.74) is 1.37. The Bertz CT molecular complexity index is 946. The van der Waals surface area contributed by atoms with Crippen LogP contribution in [0, 0.1) is 0 Å². The largest absolute Gasteiger partial charge is 0.496 e. The van der Waals surface area contributed by atoms with E-state index in [-0.39, 0.29) is 18.3 Å². The third-order valence-electron chi connectivity index (χ3n) is 4.14. The molecule has 0 saturated heterocycles. The van der Waals surface area contributed by atoms with Crippen molar-refractivity contribution in [2.24, 2.45) is 0 Å². The van der Waals surface area contributed by atoms with Crippen molar-refractivity contribution in [2.75, 3.05) is 39.2 Å². The summed E-state index contributed by atoms with van der Waals surface area (Å²) in [5.74, 6) is 0.445. The molecule has 1 amide bonds. The monoisotopic (exact) mass is 439 g/mol. The van der Waals surface area contributed by atoms with E-state index in [0.29, 0.717) is 28.0 Å². The van der Waals surface area contributed by atoms with Crippen LogP contribution in [0.5, 0.6) is 5.75 Å². The molecule has 1 heterocycles. The first-order chi connectivity index (χ1) is 13.0. The van der Waals surface area contributed by atoms with Crippen molar-refractivity contribution >= 4 is 56.6 Å². The van der Waals surface area contributed by atoms with Crippen molar-refractivity contribution in [2.45, 2.75) is 6.42 Å². The highest BCUT2D eigenvalue weighted by molar-refractivity contribution is 7.22. The van der Waals surface area contributed by atoms with Crippen molar-refractivity contribution in [3.63, 3.8) is 0 Å². The van der Waals surface area contributed by atoms with Crippen LogP contribution in [0.3, 0.4) is 0 Å². The van der Waals surface area contributed by atoms with Gasteiger partial charge in [-0.15, -0.1) is 12.4 Å². The van der Waals surface area contributed by atoms with Gasteiger partial charge in [-0.2, -0.15) is 0 Å². The van der Waals surface area contributed by atoms with E-state index in [4.69, 9.17) is 16.3 Å². The molecular weight excluding hydrogens is 417 g/mol. The summed E-state index contributed by atoms with van der Waals surface area (Å²) < 4.78 is 6.34. The van der Waals surface area contributed by atoms with Crippen molar-refractivity contribution in [3.8, 4) is 5.75 Å². The molecule has 2 aromatic carbocycles. The third kappa shape index (κ3) is 5.14. The molecule has 0 spiro atoms. The summed E-state index contributed by atoms with van der Waals surface area (Å²) in [6.45, 7) is 1.45. The second-order valence-electron chi connectivity index (χ2n) is 6.42. The van der Waals surface area contributed by atoms with Crippen LogP contribution < -0.4 is 9.64 Å². The number of thiazole rings is 1. The number of nitrogens with zero attached hydrogens (tertiary/aromatic N) is 3. The smallest absolute Gasteiger partial charge is 0.263 e. The fourth-order valence-corrected chi connectivity index (χ4v) is 4.06. The number of rotatable bonds is 7. The number of halogens is 2. The van der Waals surface area contributed by atoms with E-state index < -0.39 is 0 Å². The van der Waals surface area contributed by atoms with E-state index in [1.54, 1.807) is 24.1 Å². The Labute approximate surface area is 180 Å². The highest BCUT2D eigenvalue weighted by atomic mass is 35.5. The van der Waals surface area contributed by atoms with Gasteiger partial charge in [-0.1, -0.05) is 35.1 Å². The number of amides is 1. The first-order valence-corrected chi connectivity index (χ1v) is 9.84. The zero-order valence-electron chi connectivity index (χ0n) is 16.0. The number of carbonyl (C=O) groups is 1. The number of aromatic nitrogens is 1. The molecule has 0 bridgehead atoms. The molecule has 3 rings (SSSR count). The fourth-order valence-electron chi connectivity index (χ4n) is 2.80. The Morgan fingerprint density at radius 1 is 1.18 bits per heavy atom. The van der Waals surface area contributed by atoms with E-state index >= 15 is 0 Å². The van der Waals surface area contributed by atoms with Gasteiger partial charge >= 0.3 is 0 Å². The Hall–Kier alpha value is -1.86. The zero-order valence-corrected chi connectivity index (χ0v) is 18.4. The normalized spacial score (nSPS) is 10.8. The molecule has 28 heavy (non-hydrogen) atoms. The topological polar surface area (TPSA) is 45.7 Å². The van der Waals surface area contributed by atoms with Crippen LogP contribution in [-0.4, -0.2) is 50.1 Å². The lowest BCUT2D eigenvalue weighted by Crippen LogP contribution is -2.33. The summed E-state index contributed by atoms with van der Waals surface area (Å²) in [4.78, 5) is 21.8. The van der Waals surface area contributed by atoms with Crippen LogP contribution in [0.15, 0.2) is 42.5 Å². The Morgan fingerprint density at radius 3 is 2.64 bits per heavy atom. The molecule has 0 aliphatic heterocycles. The standard InChI is InChI=1S/C20H22ClN3O2S.ClH/c1-23(2)11-6-12-24(19(25)15-7-4-5-8-17(15)26-3)20-22-16-10-9-14(21)13-18(16)27-20;/h4-5,7-10,13H,6,11-12H2,1-3H3;1H. The minimum Gasteiger partial charge on any atom is -0.496 e. The minimum absolute atomic E-state index is 0. The van der Waals surface area contributed by atoms with Crippen LogP contribution in [-0.2, 0) is 0 Å². The minimum atomic E-state index is -0.114. The lowest BCUT2D eigenvalue weighted by molar-refractivity contribution is 0.0983. The van der Waals surface area contributed by atoms with Gasteiger partial charge in [0.25, 0.3) is 5.91 Å². The van der Waals surface area contributed by atoms with E-state index in [1.807, 2.05) is 44.4 Å². The van der Waals surface area contributed by atoms with Crippen molar-refractivity contribution in [1.29, 1.82) is 0 Å². The molecule has 3 aromatic rings. The SMILES string of the molecule is COc1ccccc1C(=O)N(CCCN(C)C)c1nc2ccc(Cl)cc2s1.Cl.